The second kappa shape index (κ2) is 5.57. The zero-order chi connectivity index (χ0) is 15.1. The topological polar surface area (TPSA) is 40.6 Å². The Morgan fingerprint density at radius 1 is 1.30 bits per heavy atom. The van der Waals surface area contributed by atoms with Crippen molar-refractivity contribution < 1.29 is 8.42 Å². The van der Waals surface area contributed by atoms with Gasteiger partial charge in [-0.05, 0) is 39.1 Å². The van der Waals surface area contributed by atoms with Crippen LogP contribution in [0, 0.1) is 0 Å². The van der Waals surface area contributed by atoms with E-state index in [1.54, 1.807) is 18.2 Å². The van der Waals surface area contributed by atoms with Crippen molar-refractivity contribution in [3.8, 4) is 0 Å². The van der Waals surface area contributed by atoms with E-state index < -0.39 is 10.0 Å². The number of piperazine rings is 1. The van der Waals surface area contributed by atoms with Crippen LogP contribution in [0.25, 0.3) is 0 Å². The standard InChI is InChI=1S/C13H18BrClN2O2S/c1-13(2)9-17(7-6-16(13)3)20(18,19)12-5-4-10(14)8-11(12)15/h4-5,8H,6-7,9H2,1-3H3. The Bertz CT molecular complexity index is 619. The Balaban J connectivity index is 2.36. The molecule has 2 rings (SSSR count). The van der Waals surface area contributed by atoms with Gasteiger partial charge in [0, 0.05) is 29.6 Å². The predicted molar refractivity (Wildman–Crippen MR) is 84.6 cm³/mol. The van der Waals surface area contributed by atoms with E-state index in [-0.39, 0.29) is 15.5 Å². The molecule has 0 atom stereocenters. The van der Waals surface area contributed by atoms with Crippen LogP contribution in [0.2, 0.25) is 5.02 Å². The molecule has 1 heterocycles. The van der Waals surface area contributed by atoms with E-state index in [1.807, 2.05) is 20.9 Å². The minimum atomic E-state index is -3.55. The summed E-state index contributed by atoms with van der Waals surface area (Å²) in [6, 6.07) is 4.85. The van der Waals surface area contributed by atoms with E-state index in [0.29, 0.717) is 19.6 Å². The highest BCUT2D eigenvalue weighted by atomic mass is 79.9. The molecule has 0 aliphatic carbocycles. The number of hydrogen-bond acceptors (Lipinski definition) is 3. The SMILES string of the molecule is CN1CCN(S(=O)(=O)c2ccc(Br)cc2Cl)CC1(C)C. The smallest absolute Gasteiger partial charge is 0.244 e. The fourth-order valence-corrected chi connectivity index (χ4v) is 4.82. The van der Waals surface area contributed by atoms with Crippen LogP contribution in [0.15, 0.2) is 27.6 Å². The van der Waals surface area contributed by atoms with Crippen LogP contribution in [0.1, 0.15) is 13.8 Å². The van der Waals surface area contributed by atoms with Gasteiger partial charge in [-0.1, -0.05) is 27.5 Å². The molecule has 7 heteroatoms. The van der Waals surface area contributed by atoms with Crippen LogP contribution in [0.4, 0.5) is 0 Å². The van der Waals surface area contributed by atoms with Crippen molar-refractivity contribution >= 4 is 37.6 Å². The van der Waals surface area contributed by atoms with Crippen molar-refractivity contribution in [3.05, 3.63) is 27.7 Å². The molecule has 0 bridgehead atoms. The van der Waals surface area contributed by atoms with Crippen molar-refractivity contribution in [1.82, 2.24) is 9.21 Å². The first kappa shape index (κ1) is 16.2. The lowest BCUT2D eigenvalue weighted by atomic mass is 10.0. The summed E-state index contributed by atoms with van der Waals surface area (Å²) in [5.41, 5.74) is -0.187. The molecule has 1 aliphatic rings. The second-order valence-corrected chi connectivity index (χ2v) is 8.88. The van der Waals surface area contributed by atoms with Crippen molar-refractivity contribution in [2.75, 3.05) is 26.7 Å². The number of halogens is 2. The van der Waals surface area contributed by atoms with E-state index in [1.165, 1.54) is 4.31 Å². The molecule has 0 spiro atoms. The van der Waals surface area contributed by atoms with Crippen LogP contribution < -0.4 is 0 Å². The molecule has 0 radical (unpaired) electrons. The number of rotatable bonds is 2. The number of likely N-dealkylation sites (N-methyl/N-ethyl adjacent to an activating group) is 1. The molecule has 20 heavy (non-hydrogen) atoms. The van der Waals surface area contributed by atoms with Crippen LogP contribution in [0.3, 0.4) is 0 Å². The van der Waals surface area contributed by atoms with Gasteiger partial charge in [0.2, 0.25) is 10.0 Å². The van der Waals surface area contributed by atoms with Gasteiger partial charge in [-0.25, -0.2) is 8.42 Å². The summed E-state index contributed by atoms with van der Waals surface area (Å²) >= 11 is 9.37. The lowest BCUT2D eigenvalue weighted by Gasteiger charge is -2.44. The van der Waals surface area contributed by atoms with Gasteiger partial charge in [0.15, 0.2) is 0 Å². The van der Waals surface area contributed by atoms with Gasteiger partial charge in [0.05, 0.1) is 5.02 Å². The third-order valence-electron chi connectivity index (χ3n) is 3.79. The summed E-state index contributed by atoms with van der Waals surface area (Å²) in [6.45, 7) is 5.73. The highest BCUT2D eigenvalue weighted by molar-refractivity contribution is 9.10. The molecule has 0 amide bonds. The minimum Gasteiger partial charge on any atom is -0.299 e. The first-order chi connectivity index (χ1) is 9.14. The Labute approximate surface area is 133 Å². The molecular formula is C13H18BrClN2O2S. The molecule has 1 aromatic carbocycles. The highest BCUT2D eigenvalue weighted by Gasteiger charge is 2.37. The van der Waals surface area contributed by atoms with Crippen molar-refractivity contribution in [2.24, 2.45) is 0 Å². The molecule has 0 unspecified atom stereocenters. The lowest BCUT2D eigenvalue weighted by Crippen LogP contribution is -2.58. The van der Waals surface area contributed by atoms with Gasteiger partial charge in [-0.3, -0.25) is 4.90 Å². The zero-order valence-electron chi connectivity index (χ0n) is 11.7. The normalized spacial score (nSPS) is 21.1. The van der Waals surface area contributed by atoms with Crippen LogP contribution in [0.5, 0.6) is 0 Å². The summed E-state index contributed by atoms with van der Waals surface area (Å²) in [5, 5.41) is 0.246. The Morgan fingerprint density at radius 2 is 1.95 bits per heavy atom. The minimum absolute atomic E-state index is 0.169. The first-order valence-corrected chi connectivity index (χ1v) is 8.92. The lowest BCUT2D eigenvalue weighted by molar-refractivity contribution is 0.0801. The van der Waals surface area contributed by atoms with Crippen molar-refractivity contribution in [2.45, 2.75) is 24.3 Å². The molecule has 4 nitrogen and oxygen atoms in total. The fourth-order valence-electron chi connectivity index (χ4n) is 2.22. The Kier molecular flexibility index (Phi) is 4.52. The number of hydrogen-bond donors (Lipinski definition) is 0. The van der Waals surface area contributed by atoms with Gasteiger partial charge in [0.1, 0.15) is 4.90 Å². The number of nitrogens with zero attached hydrogens (tertiary/aromatic N) is 2. The van der Waals surface area contributed by atoms with Gasteiger partial charge < -0.3 is 0 Å². The maximum atomic E-state index is 12.7. The molecular weight excluding hydrogens is 364 g/mol. The third-order valence-corrected chi connectivity index (χ3v) is 6.61. The second-order valence-electron chi connectivity index (χ2n) is 5.65. The Hall–Kier alpha value is -0.140. The van der Waals surface area contributed by atoms with E-state index in [0.717, 1.165) is 4.47 Å². The first-order valence-electron chi connectivity index (χ1n) is 6.31. The Morgan fingerprint density at radius 3 is 2.50 bits per heavy atom. The van der Waals surface area contributed by atoms with E-state index >= 15 is 0 Å². The molecule has 1 aliphatic heterocycles. The summed E-state index contributed by atoms with van der Waals surface area (Å²) in [5.74, 6) is 0. The number of benzene rings is 1. The summed E-state index contributed by atoms with van der Waals surface area (Å²) in [6.07, 6.45) is 0. The molecule has 1 aromatic rings. The summed E-state index contributed by atoms with van der Waals surface area (Å²) < 4.78 is 27.7. The highest BCUT2D eigenvalue weighted by Crippen LogP contribution is 2.30. The molecule has 0 saturated carbocycles. The van der Waals surface area contributed by atoms with Gasteiger partial charge in [0.25, 0.3) is 0 Å². The number of sulfonamides is 1. The van der Waals surface area contributed by atoms with Crippen molar-refractivity contribution in [1.29, 1.82) is 0 Å². The van der Waals surface area contributed by atoms with Gasteiger partial charge in [-0.15, -0.1) is 0 Å². The van der Waals surface area contributed by atoms with Crippen molar-refractivity contribution in [3.63, 3.8) is 0 Å². The largest absolute Gasteiger partial charge is 0.299 e. The van der Waals surface area contributed by atoms with Crippen LogP contribution >= 0.6 is 27.5 Å². The maximum Gasteiger partial charge on any atom is 0.244 e. The van der Waals surface area contributed by atoms with Crippen LogP contribution in [-0.2, 0) is 10.0 Å². The quantitative estimate of drug-likeness (QED) is 0.791. The fraction of sp³-hybridized carbons (Fsp3) is 0.538. The third kappa shape index (κ3) is 3.04. The molecule has 112 valence electrons. The molecule has 0 aromatic heterocycles. The maximum absolute atomic E-state index is 12.7. The predicted octanol–water partition coefficient (Wildman–Crippen LogP) is 2.82. The average molecular weight is 382 g/mol. The van der Waals surface area contributed by atoms with E-state index in [2.05, 4.69) is 20.8 Å². The average Bonchev–Trinajstić information content (AvgIpc) is 2.31. The summed E-state index contributed by atoms with van der Waals surface area (Å²) in [7, 11) is -1.54. The van der Waals surface area contributed by atoms with Gasteiger partial charge in [-0.2, -0.15) is 4.31 Å². The monoisotopic (exact) mass is 380 g/mol. The zero-order valence-corrected chi connectivity index (χ0v) is 14.9. The molecule has 1 saturated heterocycles. The molecule has 0 N–H and O–H groups in total. The van der Waals surface area contributed by atoms with Crippen LogP contribution in [-0.4, -0.2) is 49.8 Å². The van der Waals surface area contributed by atoms with E-state index in [9.17, 15) is 8.42 Å². The molecule has 1 fully saturated rings. The van der Waals surface area contributed by atoms with Gasteiger partial charge >= 0.3 is 0 Å². The van der Waals surface area contributed by atoms with E-state index in [4.69, 9.17) is 11.6 Å². The summed E-state index contributed by atoms with van der Waals surface area (Å²) in [4.78, 5) is 2.34.